The predicted molar refractivity (Wildman–Crippen MR) is 73.9 cm³/mol. The van der Waals surface area contributed by atoms with E-state index in [2.05, 4.69) is 24.5 Å². The van der Waals surface area contributed by atoms with Crippen LogP contribution in [0.1, 0.15) is 27.2 Å². The van der Waals surface area contributed by atoms with Crippen LogP contribution in [-0.4, -0.2) is 38.3 Å². The van der Waals surface area contributed by atoms with Crippen LogP contribution in [0.25, 0.3) is 0 Å². The van der Waals surface area contributed by atoms with Gasteiger partial charge in [0.05, 0.1) is 6.10 Å². The molecule has 1 aliphatic heterocycles. The third-order valence-corrected chi connectivity index (χ3v) is 4.36. The molecule has 0 aromatic carbocycles. The Bertz CT molecular complexity index is 309. The Hall–Kier alpha value is -0.320. The standard InChI is InChI=1S/C13H24N2O2.ClH/c1-8(7-14-4)12(16)15-10-9-5-6-17-11(9)13(10,2)3;/h8-11,14H,5-7H2,1-4H3,(H,15,16);1H. The number of carbonyl (C=O) groups is 1. The van der Waals surface area contributed by atoms with E-state index in [0.29, 0.717) is 12.0 Å². The molecule has 0 aromatic heterocycles. The van der Waals surface area contributed by atoms with Gasteiger partial charge in [-0.2, -0.15) is 0 Å². The monoisotopic (exact) mass is 276 g/mol. The lowest BCUT2D eigenvalue weighted by molar-refractivity contribution is -0.140. The third kappa shape index (κ3) is 2.51. The molecule has 106 valence electrons. The van der Waals surface area contributed by atoms with E-state index in [1.807, 2.05) is 14.0 Å². The van der Waals surface area contributed by atoms with Crippen LogP contribution in [0, 0.1) is 17.3 Å². The van der Waals surface area contributed by atoms with Crippen LogP contribution < -0.4 is 10.6 Å². The average Bonchev–Trinajstić information content (AvgIpc) is 2.72. The molecule has 4 atom stereocenters. The van der Waals surface area contributed by atoms with Crippen LogP contribution in [0.3, 0.4) is 0 Å². The molecule has 4 nitrogen and oxygen atoms in total. The van der Waals surface area contributed by atoms with Gasteiger partial charge in [0, 0.05) is 36.4 Å². The lowest BCUT2D eigenvalue weighted by Crippen LogP contribution is -2.67. The van der Waals surface area contributed by atoms with Crippen molar-refractivity contribution in [3.05, 3.63) is 0 Å². The Morgan fingerprint density at radius 1 is 1.50 bits per heavy atom. The van der Waals surface area contributed by atoms with Crippen molar-refractivity contribution in [2.24, 2.45) is 17.3 Å². The molecule has 0 spiro atoms. The number of hydrogen-bond acceptors (Lipinski definition) is 3. The van der Waals surface area contributed by atoms with Crippen molar-refractivity contribution in [2.75, 3.05) is 20.2 Å². The number of ether oxygens (including phenoxy) is 1. The minimum Gasteiger partial charge on any atom is -0.377 e. The van der Waals surface area contributed by atoms with E-state index in [9.17, 15) is 4.79 Å². The lowest BCUT2D eigenvalue weighted by Gasteiger charge is -2.54. The summed E-state index contributed by atoms with van der Waals surface area (Å²) in [5.74, 6) is 0.704. The van der Waals surface area contributed by atoms with Crippen molar-refractivity contribution < 1.29 is 9.53 Å². The third-order valence-electron chi connectivity index (χ3n) is 4.36. The predicted octanol–water partition coefficient (Wildman–Crippen LogP) is 1.19. The van der Waals surface area contributed by atoms with Crippen LogP contribution in [0.4, 0.5) is 0 Å². The highest BCUT2D eigenvalue weighted by atomic mass is 35.5. The van der Waals surface area contributed by atoms with Crippen LogP contribution in [0.15, 0.2) is 0 Å². The summed E-state index contributed by atoms with van der Waals surface area (Å²) in [7, 11) is 1.87. The van der Waals surface area contributed by atoms with Gasteiger partial charge < -0.3 is 15.4 Å². The van der Waals surface area contributed by atoms with E-state index < -0.39 is 0 Å². The topological polar surface area (TPSA) is 50.4 Å². The SMILES string of the molecule is CNCC(C)C(=O)NC1C2CCOC2C1(C)C.Cl. The highest BCUT2D eigenvalue weighted by Gasteiger charge is 2.59. The van der Waals surface area contributed by atoms with Crippen molar-refractivity contribution in [1.29, 1.82) is 0 Å². The molecular formula is C13H25ClN2O2. The number of hydrogen-bond donors (Lipinski definition) is 2. The summed E-state index contributed by atoms with van der Waals surface area (Å²) < 4.78 is 5.72. The molecule has 0 radical (unpaired) electrons. The fourth-order valence-corrected chi connectivity index (χ4v) is 3.31. The average molecular weight is 277 g/mol. The minimum atomic E-state index is 0. The summed E-state index contributed by atoms with van der Waals surface area (Å²) in [5.41, 5.74) is 0.0796. The molecule has 4 unspecified atom stereocenters. The summed E-state index contributed by atoms with van der Waals surface area (Å²) in [4.78, 5) is 12.0. The number of fused-ring (bicyclic) bond motifs is 1. The van der Waals surface area contributed by atoms with Gasteiger partial charge in [0.25, 0.3) is 0 Å². The second-order valence-corrected chi connectivity index (χ2v) is 6.01. The quantitative estimate of drug-likeness (QED) is 0.811. The summed E-state index contributed by atoms with van der Waals surface area (Å²) in [6, 6.07) is 0.279. The molecule has 2 fully saturated rings. The van der Waals surface area contributed by atoms with Gasteiger partial charge >= 0.3 is 0 Å². The summed E-state index contributed by atoms with van der Waals surface area (Å²) in [6.07, 6.45) is 1.42. The molecule has 1 saturated carbocycles. The number of rotatable bonds is 4. The first-order valence-electron chi connectivity index (χ1n) is 6.55. The molecule has 2 aliphatic rings. The van der Waals surface area contributed by atoms with Gasteiger partial charge in [-0.15, -0.1) is 12.4 Å². The fraction of sp³-hybridized carbons (Fsp3) is 0.923. The summed E-state index contributed by atoms with van der Waals surface area (Å²) in [5, 5.41) is 6.24. The molecule has 0 bridgehead atoms. The second kappa shape index (κ2) is 5.76. The Balaban J connectivity index is 0.00000162. The zero-order valence-corrected chi connectivity index (χ0v) is 12.5. The fourth-order valence-electron chi connectivity index (χ4n) is 3.31. The van der Waals surface area contributed by atoms with Crippen molar-refractivity contribution in [3.8, 4) is 0 Å². The number of nitrogens with one attached hydrogen (secondary N) is 2. The van der Waals surface area contributed by atoms with E-state index in [1.54, 1.807) is 0 Å². The zero-order valence-electron chi connectivity index (χ0n) is 11.7. The zero-order chi connectivity index (χ0) is 12.6. The molecular weight excluding hydrogens is 252 g/mol. The number of halogens is 1. The molecule has 18 heavy (non-hydrogen) atoms. The van der Waals surface area contributed by atoms with Gasteiger partial charge in [-0.1, -0.05) is 20.8 Å². The molecule has 1 saturated heterocycles. The van der Waals surface area contributed by atoms with Crippen LogP contribution in [0.5, 0.6) is 0 Å². The maximum atomic E-state index is 12.0. The van der Waals surface area contributed by atoms with E-state index in [-0.39, 0.29) is 35.7 Å². The molecule has 2 rings (SSSR count). The lowest BCUT2D eigenvalue weighted by atomic mass is 9.57. The highest BCUT2D eigenvalue weighted by molar-refractivity contribution is 5.85. The van der Waals surface area contributed by atoms with Gasteiger partial charge in [0.15, 0.2) is 0 Å². The Morgan fingerprint density at radius 3 is 2.78 bits per heavy atom. The van der Waals surface area contributed by atoms with E-state index >= 15 is 0 Å². The van der Waals surface area contributed by atoms with Gasteiger partial charge in [-0.05, 0) is 13.5 Å². The van der Waals surface area contributed by atoms with Crippen molar-refractivity contribution in [3.63, 3.8) is 0 Å². The normalized spacial score (nSPS) is 33.9. The maximum Gasteiger partial charge on any atom is 0.224 e. The molecule has 2 N–H and O–H groups in total. The van der Waals surface area contributed by atoms with Gasteiger partial charge in [0.1, 0.15) is 0 Å². The maximum absolute atomic E-state index is 12.0. The molecule has 1 heterocycles. The highest BCUT2D eigenvalue weighted by Crippen LogP contribution is 2.52. The Labute approximate surface area is 116 Å². The molecule has 5 heteroatoms. The van der Waals surface area contributed by atoms with Crippen LogP contribution >= 0.6 is 12.4 Å². The van der Waals surface area contributed by atoms with Crippen molar-refractivity contribution >= 4 is 18.3 Å². The van der Waals surface area contributed by atoms with Gasteiger partial charge in [-0.25, -0.2) is 0 Å². The first-order valence-corrected chi connectivity index (χ1v) is 6.55. The molecule has 1 amide bonds. The largest absolute Gasteiger partial charge is 0.377 e. The van der Waals surface area contributed by atoms with Crippen LogP contribution in [0.2, 0.25) is 0 Å². The molecule has 1 aliphatic carbocycles. The Morgan fingerprint density at radius 2 is 2.17 bits per heavy atom. The van der Waals surface area contributed by atoms with E-state index in [1.165, 1.54) is 0 Å². The van der Waals surface area contributed by atoms with E-state index in [0.717, 1.165) is 19.6 Å². The minimum absolute atomic E-state index is 0. The van der Waals surface area contributed by atoms with Gasteiger partial charge in [0.2, 0.25) is 5.91 Å². The van der Waals surface area contributed by atoms with Gasteiger partial charge in [-0.3, -0.25) is 4.79 Å². The summed E-state index contributed by atoms with van der Waals surface area (Å²) >= 11 is 0. The van der Waals surface area contributed by atoms with E-state index in [4.69, 9.17) is 4.74 Å². The Kier molecular flexibility index (Phi) is 5.04. The van der Waals surface area contributed by atoms with Crippen molar-refractivity contribution in [1.82, 2.24) is 10.6 Å². The first kappa shape index (κ1) is 15.7. The second-order valence-electron chi connectivity index (χ2n) is 6.01. The smallest absolute Gasteiger partial charge is 0.224 e. The number of amides is 1. The first-order chi connectivity index (χ1) is 7.98. The van der Waals surface area contributed by atoms with Crippen LogP contribution in [-0.2, 0) is 9.53 Å². The number of carbonyl (C=O) groups excluding carboxylic acids is 1. The summed E-state index contributed by atoms with van der Waals surface area (Å²) in [6.45, 7) is 7.90. The van der Waals surface area contributed by atoms with Crippen molar-refractivity contribution in [2.45, 2.75) is 39.3 Å². The molecule has 0 aromatic rings.